The summed E-state index contributed by atoms with van der Waals surface area (Å²) in [6.07, 6.45) is 3.56. The molecule has 0 spiro atoms. The van der Waals surface area contributed by atoms with E-state index in [1.807, 2.05) is 6.92 Å². The molecular weight excluding hydrogens is 248 g/mol. The molecule has 2 N–H and O–H groups in total. The molecule has 1 fully saturated rings. The van der Waals surface area contributed by atoms with Crippen molar-refractivity contribution in [2.75, 3.05) is 5.32 Å². The normalized spacial score (nSPS) is 22.8. The molecule has 7 heteroatoms. The van der Waals surface area contributed by atoms with Crippen molar-refractivity contribution >= 4 is 22.9 Å². The van der Waals surface area contributed by atoms with Crippen LogP contribution in [0.3, 0.4) is 0 Å². The van der Waals surface area contributed by atoms with Gasteiger partial charge in [-0.2, -0.15) is 4.98 Å². The Labute approximate surface area is 109 Å². The highest BCUT2D eigenvalue weighted by Gasteiger charge is 2.30. The van der Waals surface area contributed by atoms with Crippen LogP contribution < -0.4 is 5.32 Å². The lowest BCUT2D eigenvalue weighted by atomic mass is 10.1. The molecule has 1 saturated carbocycles. The molecule has 2 unspecified atom stereocenters. The van der Waals surface area contributed by atoms with Crippen molar-refractivity contribution in [3.8, 4) is 0 Å². The molecule has 2 heterocycles. The van der Waals surface area contributed by atoms with Crippen LogP contribution in [0.4, 0.5) is 5.82 Å². The molecule has 19 heavy (non-hydrogen) atoms. The molecule has 0 bridgehead atoms. The molecule has 2 aromatic heterocycles. The highest BCUT2D eigenvalue weighted by molar-refractivity contribution is 5.87. The maximum Gasteiger partial charge on any atom is 0.306 e. The van der Waals surface area contributed by atoms with Crippen molar-refractivity contribution in [1.82, 2.24) is 15.1 Å². The Morgan fingerprint density at radius 2 is 2.32 bits per heavy atom. The molecule has 0 saturated heterocycles. The van der Waals surface area contributed by atoms with Crippen LogP contribution in [-0.2, 0) is 4.79 Å². The number of hydrogen-bond donors (Lipinski definition) is 2. The van der Waals surface area contributed by atoms with Gasteiger partial charge in [-0.05, 0) is 26.2 Å². The van der Waals surface area contributed by atoms with Gasteiger partial charge in [-0.15, -0.1) is 0 Å². The zero-order valence-electron chi connectivity index (χ0n) is 10.5. The third-order valence-electron chi connectivity index (χ3n) is 3.57. The van der Waals surface area contributed by atoms with Crippen LogP contribution in [0, 0.1) is 12.8 Å². The second-order valence-electron chi connectivity index (χ2n) is 4.86. The predicted molar refractivity (Wildman–Crippen MR) is 66.7 cm³/mol. The van der Waals surface area contributed by atoms with E-state index in [1.165, 1.54) is 6.33 Å². The molecule has 1 aliphatic carbocycles. The third-order valence-corrected chi connectivity index (χ3v) is 3.57. The summed E-state index contributed by atoms with van der Waals surface area (Å²) in [5, 5.41) is 16.9. The lowest BCUT2D eigenvalue weighted by Crippen LogP contribution is -2.18. The Hall–Kier alpha value is -2.18. The molecule has 1 aliphatic rings. The molecule has 7 nitrogen and oxygen atoms in total. The van der Waals surface area contributed by atoms with E-state index in [-0.39, 0.29) is 12.0 Å². The Morgan fingerprint density at radius 3 is 3.05 bits per heavy atom. The Balaban J connectivity index is 1.83. The van der Waals surface area contributed by atoms with Crippen molar-refractivity contribution in [2.45, 2.75) is 32.2 Å². The number of fused-ring (bicyclic) bond motifs is 1. The summed E-state index contributed by atoms with van der Waals surface area (Å²) < 4.78 is 5.08. The van der Waals surface area contributed by atoms with Gasteiger partial charge in [0.15, 0.2) is 0 Å². The van der Waals surface area contributed by atoms with Crippen molar-refractivity contribution in [3.05, 3.63) is 12.0 Å². The smallest absolute Gasteiger partial charge is 0.306 e. The fourth-order valence-electron chi connectivity index (χ4n) is 2.56. The zero-order chi connectivity index (χ0) is 13.4. The Morgan fingerprint density at radius 1 is 1.47 bits per heavy atom. The number of anilines is 1. The minimum absolute atomic E-state index is 0.119. The fourth-order valence-corrected chi connectivity index (χ4v) is 2.56. The van der Waals surface area contributed by atoms with Crippen LogP contribution in [0.1, 0.15) is 25.0 Å². The summed E-state index contributed by atoms with van der Waals surface area (Å²) in [6, 6.07) is 0.119. The van der Waals surface area contributed by atoms with Crippen LogP contribution in [0.5, 0.6) is 0 Å². The van der Waals surface area contributed by atoms with Gasteiger partial charge in [-0.1, -0.05) is 5.16 Å². The van der Waals surface area contributed by atoms with Crippen LogP contribution in [0.15, 0.2) is 10.9 Å². The van der Waals surface area contributed by atoms with Gasteiger partial charge in [0, 0.05) is 6.04 Å². The maximum atomic E-state index is 10.9. The number of nitrogens with one attached hydrogen (secondary N) is 1. The first-order valence-electron chi connectivity index (χ1n) is 6.21. The van der Waals surface area contributed by atoms with Crippen LogP contribution in [0.2, 0.25) is 0 Å². The number of carbonyl (C=O) groups is 1. The fraction of sp³-hybridized carbons (Fsp3) is 0.500. The first-order valence-corrected chi connectivity index (χ1v) is 6.21. The molecule has 100 valence electrons. The van der Waals surface area contributed by atoms with Gasteiger partial charge >= 0.3 is 5.97 Å². The van der Waals surface area contributed by atoms with Gasteiger partial charge in [-0.3, -0.25) is 4.79 Å². The monoisotopic (exact) mass is 262 g/mol. The van der Waals surface area contributed by atoms with E-state index in [0.717, 1.165) is 17.5 Å². The summed E-state index contributed by atoms with van der Waals surface area (Å²) in [5.41, 5.74) is 1.17. The summed E-state index contributed by atoms with van der Waals surface area (Å²) in [6.45, 7) is 1.83. The van der Waals surface area contributed by atoms with E-state index in [4.69, 9.17) is 9.63 Å². The number of carboxylic acids is 1. The lowest BCUT2D eigenvalue weighted by Gasteiger charge is -2.13. The molecular formula is C12H14N4O3. The van der Waals surface area contributed by atoms with Gasteiger partial charge in [0.1, 0.15) is 17.5 Å². The third kappa shape index (κ3) is 2.11. The van der Waals surface area contributed by atoms with E-state index in [1.54, 1.807) is 0 Å². The van der Waals surface area contributed by atoms with Gasteiger partial charge in [-0.25, -0.2) is 4.98 Å². The SMILES string of the molecule is Cc1noc2ncnc(NC3CCC(C(=O)O)C3)c12. The highest BCUT2D eigenvalue weighted by atomic mass is 16.5. The number of hydrogen-bond acceptors (Lipinski definition) is 6. The lowest BCUT2D eigenvalue weighted by molar-refractivity contribution is -0.141. The molecule has 0 aliphatic heterocycles. The number of aliphatic carboxylic acids is 1. The summed E-state index contributed by atoms with van der Waals surface area (Å²) >= 11 is 0. The van der Waals surface area contributed by atoms with E-state index < -0.39 is 5.97 Å². The predicted octanol–water partition coefficient (Wildman–Crippen LogP) is 1.59. The van der Waals surface area contributed by atoms with Crippen molar-refractivity contribution in [3.63, 3.8) is 0 Å². The first-order chi connectivity index (χ1) is 9.15. The Kier molecular flexibility index (Phi) is 2.81. The molecule has 0 radical (unpaired) electrons. The second kappa shape index (κ2) is 4.49. The maximum absolute atomic E-state index is 10.9. The van der Waals surface area contributed by atoms with Crippen LogP contribution in [-0.4, -0.2) is 32.2 Å². The van der Waals surface area contributed by atoms with Gasteiger partial charge in [0.25, 0.3) is 5.71 Å². The number of carboxylic acid groups (broad SMARTS) is 1. The summed E-state index contributed by atoms with van der Waals surface area (Å²) in [5.74, 6) is -0.323. The average molecular weight is 262 g/mol. The quantitative estimate of drug-likeness (QED) is 0.866. The molecule has 0 amide bonds. The minimum atomic E-state index is -0.724. The van der Waals surface area contributed by atoms with E-state index >= 15 is 0 Å². The number of rotatable bonds is 3. The first kappa shape index (κ1) is 11.9. The second-order valence-corrected chi connectivity index (χ2v) is 4.86. The van der Waals surface area contributed by atoms with Crippen LogP contribution >= 0.6 is 0 Å². The number of aromatic nitrogens is 3. The molecule has 3 rings (SSSR count). The number of aryl methyl sites for hydroxylation is 1. The zero-order valence-corrected chi connectivity index (χ0v) is 10.5. The number of nitrogens with zero attached hydrogens (tertiary/aromatic N) is 3. The van der Waals surface area contributed by atoms with Gasteiger partial charge in [0.05, 0.1) is 11.6 Å². The average Bonchev–Trinajstić information content (AvgIpc) is 2.98. The van der Waals surface area contributed by atoms with Gasteiger partial charge in [0.2, 0.25) is 0 Å². The topological polar surface area (TPSA) is 101 Å². The molecule has 2 aromatic rings. The molecule has 0 aromatic carbocycles. The van der Waals surface area contributed by atoms with E-state index in [9.17, 15) is 4.79 Å². The van der Waals surface area contributed by atoms with Crippen molar-refractivity contribution < 1.29 is 14.4 Å². The summed E-state index contributed by atoms with van der Waals surface area (Å²) in [4.78, 5) is 19.2. The Bertz CT molecular complexity index is 624. The largest absolute Gasteiger partial charge is 0.481 e. The molecule has 2 atom stereocenters. The van der Waals surface area contributed by atoms with Crippen molar-refractivity contribution in [2.24, 2.45) is 5.92 Å². The van der Waals surface area contributed by atoms with Gasteiger partial charge < -0.3 is 14.9 Å². The standard InChI is InChI=1S/C12H14N4O3/c1-6-9-10(13-5-14-11(9)19-16-6)15-8-3-2-7(4-8)12(17)18/h5,7-8H,2-4H2,1H3,(H,17,18)(H,13,14,15). The van der Waals surface area contributed by atoms with E-state index in [2.05, 4.69) is 20.4 Å². The highest BCUT2D eigenvalue weighted by Crippen LogP contribution is 2.30. The van der Waals surface area contributed by atoms with E-state index in [0.29, 0.717) is 24.4 Å². The van der Waals surface area contributed by atoms with Crippen LogP contribution in [0.25, 0.3) is 11.1 Å². The minimum Gasteiger partial charge on any atom is -0.481 e. The van der Waals surface area contributed by atoms with Crippen molar-refractivity contribution in [1.29, 1.82) is 0 Å². The summed E-state index contributed by atoms with van der Waals surface area (Å²) in [7, 11) is 0.